The molecule has 0 bridgehead atoms. The largest absolute Gasteiger partial charge is 0.396 e. The van der Waals surface area contributed by atoms with Gasteiger partial charge in [0.1, 0.15) is 0 Å². The molecule has 0 spiro atoms. The summed E-state index contributed by atoms with van der Waals surface area (Å²) in [5, 5.41) is 13.8. The highest BCUT2D eigenvalue weighted by Crippen LogP contribution is 2.44. The van der Waals surface area contributed by atoms with Gasteiger partial charge < -0.3 is 5.11 Å². The van der Waals surface area contributed by atoms with Crippen LogP contribution in [0.3, 0.4) is 0 Å². The summed E-state index contributed by atoms with van der Waals surface area (Å²) in [6.07, 6.45) is 0.738. The zero-order valence-electron chi connectivity index (χ0n) is 12.3. The minimum absolute atomic E-state index is 0.197. The Labute approximate surface area is 129 Å². The van der Waals surface area contributed by atoms with Crippen molar-refractivity contribution in [2.75, 3.05) is 23.6 Å². The molecule has 22 heavy (non-hydrogen) atoms. The van der Waals surface area contributed by atoms with Gasteiger partial charge in [0.15, 0.2) is 0 Å². The van der Waals surface area contributed by atoms with E-state index in [0.29, 0.717) is 0 Å². The Morgan fingerprint density at radius 2 is 1.73 bits per heavy atom. The Morgan fingerprint density at radius 3 is 2.64 bits per heavy atom. The number of para-hydroxylation sites is 1. The fraction of sp³-hybridized carbons (Fsp3) is 0.158. The molecule has 110 valence electrons. The van der Waals surface area contributed by atoms with Crippen LogP contribution >= 0.6 is 0 Å². The van der Waals surface area contributed by atoms with E-state index in [0.717, 1.165) is 18.7 Å². The first-order chi connectivity index (χ1) is 10.9. The van der Waals surface area contributed by atoms with Crippen molar-refractivity contribution in [3.8, 4) is 11.1 Å². The van der Waals surface area contributed by atoms with E-state index >= 15 is 0 Å². The summed E-state index contributed by atoms with van der Waals surface area (Å²) < 4.78 is 0. The molecule has 3 aromatic rings. The molecular formula is C19H18N2O. The Bertz CT molecular complexity index is 829. The predicted octanol–water partition coefficient (Wildman–Crippen LogP) is 4.04. The Morgan fingerprint density at radius 1 is 0.909 bits per heavy atom. The number of rotatable bonds is 3. The molecule has 0 saturated carbocycles. The summed E-state index contributed by atoms with van der Waals surface area (Å²) >= 11 is 0. The molecular weight excluding hydrogens is 272 g/mol. The number of benzene rings is 3. The van der Waals surface area contributed by atoms with Crippen LogP contribution in [0, 0.1) is 0 Å². The normalized spacial score (nSPS) is 12.7. The molecule has 0 fully saturated rings. The second kappa shape index (κ2) is 5.35. The van der Waals surface area contributed by atoms with Crippen molar-refractivity contribution in [2.45, 2.75) is 6.42 Å². The minimum Gasteiger partial charge on any atom is -0.396 e. The van der Waals surface area contributed by atoms with E-state index in [-0.39, 0.29) is 6.61 Å². The second-order valence-electron chi connectivity index (χ2n) is 5.57. The molecule has 3 nitrogen and oxygen atoms in total. The number of hydrazine groups is 1. The number of aliphatic hydroxyl groups excluding tert-OH is 1. The number of nitrogens with zero attached hydrogens (tertiary/aromatic N) is 1. The van der Waals surface area contributed by atoms with Gasteiger partial charge in [-0.3, -0.25) is 10.4 Å². The molecule has 0 radical (unpaired) electrons. The van der Waals surface area contributed by atoms with Gasteiger partial charge in [-0.1, -0.05) is 48.5 Å². The van der Waals surface area contributed by atoms with Crippen molar-refractivity contribution >= 4 is 22.1 Å². The van der Waals surface area contributed by atoms with Crippen LogP contribution in [-0.4, -0.2) is 18.3 Å². The number of aliphatic hydroxyl groups is 1. The van der Waals surface area contributed by atoms with E-state index in [9.17, 15) is 0 Å². The van der Waals surface area contributed by atoms with Crippen molar-refractivity contribution in [1.29, 1.82) is 0 Å². The van der Waals surface area contributed by atoms with Gasteiger partial charge in [0.25, 0.3) is 0 Å². The lowest BCUT2D eigenvalue weighted by Gasteiger charge is -2.34. The molecule has 1 heterocycles. The molecule has 2 N–H and O–H groups in total. The average Bonchev–Trinajstić information content (AvgIpc) is 2.59. The van der Waals surface area contributed by atoms with Crippen LogP contribution in [0.1, 0.15) is 6.42 Å². The minimum atomic E-state index is 0.197. The van der Waals surface area contributed by atoms with Gasteiger partial charge in [-0.15, -0.1) is 0 Å². The second-order valence-corrected chi connectivity index (χ2v) is 5.57. The zero-order chi connectivity index (χ0) is 14.9. The van der Waals surface area contributed by atoms with E-state index in [4.69, 9.17) is 5.11 Å². The summed E-state index contributed by atoms with van der Waals surface area (Å²) in [6.45, 7) is 0.971. The predicted molar refractivity (Wildman–Crippen MR) is 92.1 cm³/mol. The number of fused-ring (bicyclic) bond motifs is 5. The Kier molecular flexibility index (Phi) is 3.20. The van der Waals surface area contributed by atoms with Crippen LogP contribution < -0.4 is 10.4 Å². The van der Waals surface area contributed by atoms with Crippen LogP contribution in [0.4, 0.5) is 11.4 Å². The molecule has 0 atom stereocenters. The van der Waals surface area contributed by atoms with E-state index < -0.39 is 0 Å². The maximum Gasteiger partial charge on any atom is 0.0657 e. The molecule has 1 aliphatic rings. The first-order valence-corrected chi connectivity index (χ1v) is 7.65. The van der Waals surface area contributed by atoms with Crippen LogP contribution in [0.25, 0.3) is 21.9 Å². The van der Waals surface area contributed by atoms with Crippen molar-refractivity contribution in [3.63, 3.8) is 0 Å². The van der Waals surface area contributed by atoms with Gasteiger partial charge >= 0.3 is 0 Å². The molecule has 3 heteroatoms. The van der Waals surface area contributed by atoms with Crippen LogP contribution in [0.2, 0.25) is 0 Å². The van der Waals surface area contributed by atoms with Crippen molar-refractivity contribution < 1.29 is 5.11 Å². The lowest BCUT2D eigenvalue weighted by molar-refractivity contribution is 0.290. The van der Waals surface area contributed by atoms with Gasteiger partial charge in [-0.2, -0.15) is 0 Å². The van der Waals surface area contributed by atoms with Gasteiger partial charge in [-0.25, -0.2) is 0 Å². The van der Waals surface area contributed by atoms with Crippen molar-refractivity contribution in [2.24, 2.45) is 0 Å². The SMILES string of the molecule is OCCCN1Nc2ccccc2-c2c1ccc1ccccc21. The molecule has 4 rings (SSSR count). The Hall–Kier alpha value is -2.52. The fourth-order valence-electron chi connectivity index (χ4n) is 3.18. The highest BCUT2D eigenvalue weighted by molar-refractivity contribution is 6.07. The number of nitrogens with one attached hydrogen (secondary N) is 1. The highest BCUT2D eigenvalue weighted by Gasteiger charge is 2.22. The number of anilines is 2. The number of hydrogen-bond donors (Lipinski definition) is 2. The van der Waals surface area contributed by atoms with Gasteiger partial charge in [0.05, 0.1) is 11.4 Å². The third-order valence-corrected chi connectivity index (χ3v) is 4.19. The van der Waals surface area contributed by atoms with Crippen LogP contribution in [-0.2, 0) is 0 Å². The zero-order valence-corrected chi connectivity index (χ0v) is 12.3. The highest BCUT2D eigenvalue weighted by atomic mass is 16.3. The fourth-order valence-corrected chi connectivity index (χ4v) is 3.18. The van der Waals surface area contributed by atoms with Crippen LogP contribution in [0.15, 0.2) is 60.7 Å². The summed E-state index contributed by atoms with van der Waals surface area (Å²) in [7, 11) is 0. The molecule has 1 aliphatic heterocycles. The average molecular weight is 290 g/mol. The Balaban J connectivity index is 1.97. The van der Waals surface area contributed by atoms with Crippen molar-refractivity contribution in [1.82, 2.24) is 0 Å². The molecule has 0 aliphatic carbocycles. The van der Waals surface area contributed by atoms with E-state index in [1.807, 2.05) is 6.07 Å². The quantitative estimate of drug-likeness (QED) is 0.764. The van der Waals surface area contributed by atoms with Gasteiger partial charge in [-0.05, 0) is 29.3 Å². The number of hydrogen-bond acceptors (Lipinski definition) is 3. The molecule has 3 aromatic carbocycles. The molecule has 0 saturated heterocycles. The van der Waals surface area contributed by atoms with Crippen LogP contribution in [0.5, 0.6) is 0 Å². The summed E-state index contributed by atoms with van der Waals surface area (Å²) in [6, 6.07) is 21.2. The van der Waals surface area contributed by atoms with E-state index in [2.05, 4.69) is 65.0 Å². The summed E-state index contributed by atoms with van der Waals surface area (Å²) in [4.78, 5) is 0. The van der Waals surface area contributed by atoms with E-state index in [1.165, 1.54) is 27.6 Å². The van der Waals surface area contributed by atoms with Gasteiger partial charge in [0.2, 0.25) is 0 Å². The van der Waals surface area contributed by atoms with Crippen molar-refractivity contribution in [3.05, 3.63) is 60.7 Å². The first kappa shape index (κ1) is 13.2. The first-order valence-electron chi connectivity index (χ1n) is 7.65. The molecule has 0 amide bonds. The molecule has 0 unspecified atom stereocenters. The van der Waals surface area contributed by atoms with Gasteiger partial charge in [0, 0.05) is 24.3 Å². The lowest BCUT2D eigenvalue weighted by Crippen LogP contribution is -2.34. The topological polar surface area (TPSA) is 35.5 Å². The third-order valence-electron chi connectivity index (χ3n) is 4.19. The third kappa shape index (κ3) is 2.02. The standard InChI is InChI=1S/C19H18N2O/c22-13-5-12-21-18-11-10-14-6-1-2-7-15(14)19(18)16-8-3-4-9-17(16)20-21/h1-4,6-11,20,22H,5,12-13H2. The van der Waals surface area contributed by atoms with E-state index in [1.54, 1.807) is 0 Å². The monoisotopic (exact) mass is 290 g/mol. The maximum absolute atomic E-state index is 9.16. The summed E-state index contributed by atoms with van der Waals surface area (Å²) in [5.41, 5.74) is 8.26. The maximum atomic E-state index is 9.16. The lowest BCUT2D eigenvalue weighted by atomic mass is 9.93. The smallest absolute Gasteiger partial charge is 0.0657 e. The molecule has 0 aromatic heterocycles. The summed E-state index contributed by atoms with van der Waals surface area (Å²) in [5.74, 6) is 0.